The second-order valence-electron chi connectivity index (χ2n) is 4.17. The SMILES string of the molecule is CCCCOC(=O)Nc1ccc(OC(F)(F)F)cc1C(=O)O. The van der Waals surface area contributed by atoms with Gasteiger partial charge in [0.15, 0.2) is 0 Å². The van der Waals surface area contributed by atoms with Crippen molar-refractivity contribution < 1.29 is 37.3 Å². The monoisotopic (exact) mass is 321 g/mol. The Morgan fingerprint density at radius 2 is 2.00 bits per heavy atom. The number of carboxylic acids is 1. The van der Waals surface area contributed by atoms with E-state index in [0.29, 0.717) is 12.5 Å². The molecule has 0 spiro atoms. The highest BCUT2D eigenvalue weighted by Crippen LogP contribution is 2.27. The number of nitrogens with one attached hydrogen (secondary N) is 1. The molecule has 1 aromatic carbocycles. The maximum absolute atomic E-state index is 12.1. The minimum atomic E-state index is -4.94. The van der Waals surface area contributed by atoms with E-state index >= 15 is 0 Å². The van der Waals surface area contributed by atoms with Gasteiger partial charge in [0, 0.05) is 0 Å². The van der Waals surface area contributed by atoms with Gasteiger partial charge in [-0.25, -0.2) is 9.59 Å². The lowest BCUT2D eigenvalue weighted by molar-refractivity contribution is -0.274. The van der Waals surface area contributed by atoms with E-state index in [-0.39, 0.29) is 12.3 Å². The Morgan fingerprint density at radius 1 is 1.32 bits per heavy atom. The van der Waals surface area contributed by atoms with E-state index < -0.39 is 29.7 Å². The lowest BCUT2D eigenvalue weighted by Gasteiger charge is -2.12. The van der Waals surface area contributed by atoms with Crippen LogP contribution in [0.1, 0.15) is 30.1 Å². The molecule has 0 atom stereocenters. The summed E-state index contributed by atoms with van der Waals surface area (Å²) in [4.78, 5) is 22.5. The summed E-state index contributed by atoms with van der Waals surface area (Å²) in [5, 5.41) is 11.1. The lowest BCUT2D eigenvalue weighted by atomic mass is 10.1. The third-order valence-corrected chi connectivity index (χ3v) is 2.42. The fourth-order valence-corrected chi connectivity index (χ4v) is 1.46. The first-order valence-electron chi connectivity index (χ1n) is 6.29. The highest BCUT2D eigenvalue weighted by atomic mass is 19.4. The summed E-state index contributed by atoms with van der Waals surface area (Å²) in [5.41, 5.74) is -0.738. The highest BCUT2D eigenvalue weighted by molar-refractivity contribution is 5.99. The van der Waals surface area contributed by atoms with Gasteiger partial charge in [-0.05, 0) is 24.6 Å². The van der Waals surface area contributed by atoms with Crippen LogP contribution in [0.25, 0.3) is 0 Å². The topological polar surface area (TPSA) is 84.9 Å². The van der Waals surface area contributed by atoms with Crippen molar-refractivity contribution in [2.24, 2.45) is 0 Å². The first kappa shape index (κ1) is 17.6. The first-order chi connectivity index (χ1) is 10.2. The van der Waals surface area contributed by atoms with Gasteiger partial charge in [-0.15, -0.1) is 13.2 Å². The van der Waals surface area contributed by atoms with Gasteiger partial charge in [-0.3, -0.25) is 5.32 Å². The minimum Gasteiger partial charge on any atom is -0.478 e. The van der Waals surface area contributed by atoms with Crippen LogP contribution in [0.3, 0.4) is 0 Å². The summed E-state index contributed by atoms with van der Waals surface area (Å²) in [7, 11) is 0. The van der Waals surface area contributed by atoms with Gasteiger partial charge >= 0.3 is 18.4 Å². The summed E-state index contributed by atoms with van der Waals surface area (Å²) in [6.07, 6.45) is -4.39. The minimum absolute atomic E-state index is 0.153. The number of carboxylic acid groups (broad SMARTS) is 1. The Kier molecular flexibility index (Phi) is 6.02. The van der Waals surface area contributed by atoms with Crippen molar-refractivity contribution in [1.29, 1.82) is 0 Å². The molecule has 0 saturated heterocycles. The zero-order chi connectivity index (χ0) is 16.8. The molecule has 0 radical (unpaired) electrons. The van der Waals surface area contributed by atoms with Crippen molar-refractivity contribution in [3.05, 3.63) is 23.8 Å². The number of rotatable bonds is 6. The molecule has 0 aliphatic carbocycles. The third kappa shape index (κ3) is 5.90. The molecule has 0 aliphatic heterocycles. The van der Waals surface area contributed by atoms with Crippen LogP contribution >= 0.6 is 0 Å². The van der Waals surface area contributed by atoms with Crippen LogP contribution in [0, 0.1) is 0 Å². The molecule has 122 valence electrons. The third-order valence-electron chi connectivity index (χ3n) is 2.42. The van der Waals surface area contributed by atoms with Crippen LogP contribution in [0.15, 0.2) is 18.2 Å². The number of amides is 1. The van der Waals surface area contributed by atoms with Gasteiger partial charge in [0.2, 0.25) is 0 Å². The molecular formula is C13H14F3NO5. The van der Waals surface area contributed by atoms with Gasteiger partial charge in [-0.2, -0.15) is 0 Å². The van der Waals surface area contributed by atoms with Crippen LogP contribution in [0.5, 0.6) is 5.75 Å². The first-order valence-corrected chi connectivity index (χ1v) is 6.29. The number of carbonyl (C=O) groups excluding carboxylic acids is 1. The van der Waals surface area contributed by atoms with Gasteiger partial charge in [0.1, 0.15) is 5.75 Å². The Hall–Kier alpha value is -2.45. The van der Waals surface area contributed by atoms with Crippen molar-refractivity contribution in [2.45, 2.75) is 26.1 Å². The van der Waals surface area contributed by atoms with E-state index in [4.69, 9.17) is 9.84 Å². The molecular weight excluding hydrogens is 307 g/mol. The summed E-state index contributed by atoms with van der Waals surface area (Å²) in [5.74, 6) is -2.22. The summed E-state index contributed by atoms with van der Waals surface area (Å²) in [6.45, 7) is 2.04. The number of carbonyl (C=O) groups is 2. The Bertz CT molecular complexity index is 545. The number of halogens is 3. The molecule has 2 N–H and O–H groups in total. The normalized spacial score (nSPS) is 10.9. The number of hydrogen-bond donors (Lipinski definition) is 2. The molecule has 0 fully saturated rings. The molecule has 22 heavy (non-hydrogen) atoms. The van der Waals surface area contributed by atoms with E-state index in [1.54, 1.807) is 0 Å². The van der Waals surface area contributed by atoms with E-state index in [1.807, 2.05) is 6.92 Å². The second kappa shape index (κ2) is 7.53. The van der Waals surface area contributed by atoms with Gasteiger partial charge < -0.3 is 14.6 Å². The summed E-state index contributed by atoms with van der Waals surface area (Å²) >= 11 is 0. The van der Waals surface area contributed by atoms with Crippen LogP contribution in [-0.4, -0.2) is 30.1 Å². The Balaban J connectivity index is 2.86. The number of alkyl halides is 3. The maximum atomic E-state index is 12.1. The number of unbranched alkanes of at least 4 members (excludes halogenated alkanes) is 1. The molecule has 9 heteroatoms. The van der Waals surface area contributed by atoms with Gasteiger partial charge in [-0.1, -0.05) is 13.3 Å². The maximum Gasteiger partial charge on any atom is 0.573 e. The average Bonchev–Trinajstić information content (AvgIpc) is 2.39. The van der Waals surface area contributed by atoms with Gasteiger partial charge in [0.05, 0.1) is 17.9 Å². The molecule has 0 aliphatic rings. The smallest absolute Gasteiger partial charge is 0.478 e. The van der Waals surface area contributed by atoms with Crippen LogP contribution in [0.2, 0.25) is 0 Å². The molecule has 1 aromatic rings. The zero-order valence-electron chi connectivity index (χ0n) is 11.6. The van der Waals surface area contributed by atoms with Gasteiger partial charge in [0.25, 0.3) is 0 Å². The molecule has 0 saturated carbocycles. The molecule has 0 unspecified atom stereocenters. The summed E-state index contributed by atoms with van der Waals surface area (Å²) in [6, 6.07) is 2.55. The standard InChI is InChI=1S/C13H14F3NO5/c1-2-3-6-21-12(20)17-10-5-4-8(22-13(14,15)16)7-9(10)11(18)19/h4-5,7H,2-3,6H2,1H3,(H,17,20)(H,18,19). The van der Waals surface area contributed by atoms with E-state index in [0.717, 1.165) is 18.6 Å². The Morgan fingerprint density at radius 3 is 2.55 bits per heavy atom. The average molecular weight is 321 g/mol. The largest absolute Gasteiger partial charge is 0.573 e. The van der Waals surface area contributed by atoms with E-state index in [9.17, 15) is 22.8 Å². The van der Waals surface area contributed by atoms with Crippen molar-refractivity contribution in [2.75, 3.05) is 11.9 Å². The molecule has 0 bridgehead atoms. The molecule has 0 aromatic heterocycles. The number of anilines is 1. The molecule has 6 nitrogen and oxygen atoms in total. The van der Waals surface area contributed by atoms with Crippen LogP contribution in [0.4, 0.5) is 23.7 Å². The lowest BCUT2D eigenvalue weighted by Crippen LogP contribution is -2.19. The van der Waals surface area contributed by atoms with Crippen LogP contribution in [-0.2, 0) is 4.74 Å². The number of aromatic carboxylic acids is 1. The predicted octanol–water partition coefficient (Wildman–Crippen LogP) is 3.63. The van der Waals surface area contributed by atoms with Crippen molar-refractivity contribution in [1.82, 2.24) is 0 Å². The highest BCUT2D eigenvalue weighted by Gasteiger charge is 2.31. The van der Waals surface area contributed by atoms with E-state index in [1.165, 1.54) is 0 Å². The number of hydrogen-bond acceptors (Lipinski definition) is 4. The molecule has 1 amide bonds. The van der Waals surface area contributed by atoms with Crippen molar-refractivity contribution >= 4 is 17.7 Å². The fourth-order valence-electron chi connectivity index (χ4n) is 1.46. The predicted molar refractivity (Wildman–Crippen MR) is 70.0 cm³/mol. The number of ether oxygens (including phenoxy) is 2. The van der Waals surface area contributed by atoms with Crippen LogP contribution < -0.4 is 10.1 Å². The second-order valence-corrected chi connectivity index (χ2v) is 4.17. The van der Waals surface area contributed by atoms with Crippen molar-refractivity contribution in [3.8, 4) is 5.75 Å². The fraction of sp³-hybridized carbons (Fsp3) is 0.385. The molecule has 0 heterocycles. The Labute approximate surface area is 123 Å². The number of benzene rings is 1. The van der Waals surface area contributed by atoms with E-state index in [2.05, 4.69) is 10.1 Å². The zero-order valence-corrected chi connectivity index (χ0v) is 11.6. The molecule has 1 rings (SSSR count). The summed E-state index contributed by atoms with van der Waals surface area (Å²) < 4.78 is 44.7. The quantitative estimate of drug-likeness (QED) is 0.782. The van der Waals surface area contributed by atoms with Crippen molar-refractivity contribution in [3.63, 3.8) is 0 Å².